The molecule has 5 nitrogen and oxygen atoms in total. The lowest BCUT2D eigenvalue weighted by Crippen LogP contribution is -2.34. The minimum atomic E-state index is -1.47. The van der Waals surface area contributed by atoms with Crippen LogP contribution in [0.5, 0.6) is 5.75 Å². The van der Waals surface area contributed by atoms with Crippen LogP contribution in [0.3, 0.4) is 0 Å². The molecule has 0 amide bonds. The maximum atomic E-state index is 15.3. The molecule has 1 aliphatic heterocycles. The van der Waals surface area contributed by atoms with Crippen LogP contribution in [-0.4, -0.2) is 36.3 Å². The number of alkyl halides is 1. The summed E-state index contributed by atoms with van der Waals surface area (Å²) in [6, 6.07) is 13.7. The average molecular weight is 465 g/mol. The molecule has 1 fully saturated rings. The Bertz CT molecular complexity index is 1240. The van der Waals surface area contributed by atoms with Crippen molar-refractivity contribution in [3.63, 3.8) is 0 Å². The van der Waals surface area contributed by atoms with Crippen LogP contribution >= 0.6 is 12.4 Å². The Kier molecular flexibility index (Phi) is 6.55. The molecule has 1 aliphatic carbocycles. The summed E-state index contributed by atoms with van der Waals surface area (Å²) in [6.07, 6.45) is 7.07. The minimum absolute atomic E-state index is 0. The fraction of sp³-hybridized carbons (Fsp3) is 0.308. The predicted molar refractivity (Wildman–Crippen MR) is 130 cm³/mol. The predicted octanol–water partition coefficient (Wildman–Crippen LogP) is 5.04. The molecule has 170 valence electrons. The molecular formula is C26H26ClFN4O. The van der Waals surface area contributed by atoms with Gasteiger partial charge < -0.3 is 15.0 Å². The standard InChI is InChI=1S/C26H25FN4O.ClH/c1-32-20-7-5-18(6-8-20)25-21(26(16-28)10-3-2-4-24(26)27)14-23-22(31-25)13-19(30-23)12-17-9-11-29-15-17;/h2-8,10,13-14,17,24,29-30H,9,11-12,15H2,1H3;1H/t17-,24?,26?;/m1./s1. The zero-order valence-electron chi connectivity index (χ0n) is 18.3. The third-order valence-electron chi connectivity index (χ3n) is 6.51. The van der Waals surface area contributed by atoms with Gasteiger partial charge in [0.2, 0.25) is 0 Å². The second kappa shape index (κ2) is 9.38. The van der Waals surface area contributed by atoms with E-state index in [1.54, 1.807) is 25.3 Å². The quantitative estimate of drug-likeness (QED) is 0.555. The van der Waals surface area contributed by atoms with Gasteiger partial charge in [0, 0.05) is 16.8 Å². The van der Waals surface area contributed by atoms with E-state index in [4.69, 9.17) is 9.72 Å². The molecule has 0 radical (unpaired) electrons. The molecule has 2 aromatic heterocycles. The van der Waals surface area contributed by atoms with Crippen molar-refractivity contribution < 1.29 is 9.13 Å². The first-order chi connectivity index (χ1) is 15.6. The summed E-state index contributed by atoms with van der Waals surface area (Å²) in [5.41, 5.74) is 3.30. The number of rotatable bonds is 5. The number of halogens is 2. The van der Waals surface area contributed by atoms with Gasteiger partial charge in [-0.15, -0.1) is 12.4 Å². The number of hydrogen-bond donors (Lipinski definition) is 2. The SMILES string of the molecule is COc1ccc(-c2nc3cc(C[C@H]4CCNC4)[nH]c3cc2C2(C#N)C=CC=CC2F)cc1.Cl. The van der Waals surface area contributed by atoms with E-state index in [9.17, 15) is 5.26 Å². The van der Waals surface area contributed by atoms with Gasteiger partial charge in [0.25, 0.3) is 0 Å². The molecule has 1 saturated heterocycles. The summed E-state index contributed by atoms with van der Waals surface area (Å²) in [5.74, 6) is 1.32. The van der Waals surface area contributed by atoms with E-state index in [-0.39, 0.29) is 12.4 Å². The number of nitrogens with zero attached hydrogens (tertiary/aromatic N) is 2. The third kappa shape index (κ3) is 4.15. The number of ether oxygens (including phenoxy) is 1. The Morgan fingerprint density at radius 3 is 2.73 bits per heavy atom. The molecule has 3 atom stereocenters. The van der Waals surface area contributed by atoms with Crippen LogP contribution in [0.15, 0.2) is 60.7 Å². The Balaban J connectivity index is 0.00000259. The summed E-state index contributed by atoms with van der Waals surface area (Å²) in [5, 5.41) is 13.6. The number of methoxy groups -OCH3 is 1. The summed E-state index contributed by atoms with van der Waals surface area (Å²) in [7, 11) is 1.61. The molecule has 33 heavy (non-hydrogen) atoms. The van der Waals surface area contributed by atoms with Crippen LogP contribution < -0.4 is 10.1 Å². The molecule has 3 heterocycles. The maximum Gasteiger partial charge on any atom is 0.145 e. The van der Waals surface area contributed by atoms with Crippen molar-refractivity contribution in [3.8, 4) is 23.1 Å². The first kappa shape index (κ1) is 23.0. The second-order valence-electron chi connectivity index (χ2n) is 8.53. The van der Waals surface area contributed by atoms with Gasteiger partial charge in [-0.1, -0.05) is 18.2 Å². The van der Waals surface area contributed by atoms with Gasteiger partial charge in [0.15, 0.2) is 0 Å². The summed E-state index contributed by atoms with van der Waals surface area (Å²) >= 11 is 0. The number of benzene rings is 1. The highest BCUT2D eigenvalue weighted by atomic mass is 35.5. The van der Waals surface area contributed by atoms with Crippen LogP contribution in [0.2, 0.25) is 0 Å². The molecule has 1 aromatic carbocycles. The van der Waals surface area contributed by atoms with E-state index < -0.39 is 11.6 Å². The number of nitrogens with one attached hydrogen (secondary N) is 2. The number of aromatic nitrogens is 2. The highest BCUT2D eigenvalue weighted by molar-refractivity contribution is 5.85. The first-order valence-corrected chi connectivity index (χ1v) is 10.9. The van der Waals surface area contributed by atoms with E-state index in [1.807, 2.05) is 30.3 Å². The molecule has 2 unspecified atom stereocenters. The Labute approximate surface area is 198 Å². The van der Waals surface area contributed by atoms with Crippen LogP contribution in [0, 0.1) is 17.2 Å². The van der Waals surface area contributed by atoms with E-state index in [0.717, 1.165) is 54.0 Å². The van der Waals surface area contributed by atoms with Gasteiger partial charge in [-0.25, -0.2) is 9.37 Å². The molecule has 7 heteroatoms. The zero-order valence-corrected chi connectivity index (χ0v) is 19.2. The molecule has 0 saturated carbocycles. The number of fused-ring (bicyclic) bond motifs is 1. The molecule has 3 aromatic rings. The van der Waals surface area contributed by atoms with Crippen LogP contribution in [0.4, 0.5) is 4.39 Å². The van der Waals surface area contributed by atoms with Gasteiger partial charge in [0.1, 0.15) is 17.3 Å². The monoisotopic (exact) mass is 464 g/mol. The van der Waals surface area contributed by atoms with Gasteiger partial charge in [-0.2, -0.15) is 5.26 Å². The van der Waals surface area contributed by atoms with Gasteiger partial charge >= 0.3 is 0 Å². The number of hydrogen-bond acceptors (Lipinski definition) is 4. The molecule has 5 rings (SSSR count). The van der Waals surface area contributed by atoms with Crippen molar-refractivity contribution in [2.24, 2.45) is 5.92 Å². The van der Waals surface area contributed by atoms with Crippen molar-refractivity contribution >= 4 is 23.4 Å². The number of pyridine rings is 1. The smallest absolute Gasteiger partial charge is 0.145 e. The maximum absolute atomic E-state index is 15.3. The van der Waals surface area contributed by atoms with Crippen molar-refractivity contribution in [2.75, 3.05) is 20.2 Å². The second-order valence-corrected chi connectivity index (χ2v) is 8.53. The molecule has 2 N–H and O–H groups in total. The van der Waals surface area contributed by atoms with Gasteiger partial charge in [-0.3, -0.25) is 0 Å². The lowest BCUT2D eigenvalue weighted by Gasteiger charge is -2.29. The average Bonchev–Trinajstić information content (AvgIpc) is 3.48. The lowest BCUT2D eigenvalue weighted by molar-refractivity contribution is 0.322. The van der Waals surface area contributed by atoms with Crippen LogP contribution in [0.1, 0.15) is 17.7 Å². The summed E-state index contributed by atoms with van der Waals surface area (Å²) in [4.78, 5) is 8.41. The summed E-state index contributed by atoms with van der Waals surface area (Å²) in [6.45, 7) is 2.07. The van der Waals surface area contributed by atoms with Crippen molar-refractivity contribution in [1.29, 1.82) is 5.26 Å². The molecular weight excluding hydrogens is 439 g/mol. The minimum Gasteiger partial charge on any atom is -0.497 e. The fourth-order valence-corrected chi connectivity index (χ4v) is 4.72. The highest BCUT2D eigenvalue weighted by Crippen LogP contribution is 2.41. The van der Waals surface area contributed by atoms with Crippen LogP contribution in [-0.2, 0) is 11.8 Å². The van der Waals surface area contributed by atoms with Gasteiger partial charge in [-0.05, 0) is 74.3 Å². The van der Waals surface area contributed by atoms with E-state index in [2.05, 4.69) is 22.4 Å². The number of H-pyrrole nitrogens is 1. The molecule has 2 aliphatic rings. The molecule has 0 spiro atoms. The molecule has 0 bridgehead atoms. The Morgan fingerprint density at radius 1 is 1.24 bits per heavy atom. The fourth-order valence-electron chi connectivity index (χ4n) is 4.72. The van der Waals surface area contributed by atoms with Crippen molar-refractivity contribution in [3.05, 3.63) is 72.0 Å². The lowest BCUT2D eigenvalue weighted by atomic mass is 9.74. The topological polar surface area (TPSA) is 73.7 Å². The van der Waals surface area contributed by atoms with Crippen molar-refractivity contribution in [1.82, 2.24) is 15.3 Å². The third-order valence-corrected chi connectivity index (χ3v) is 6.51. The van der Waals surface area contributed by atoms with Crippen LogP contribution in [0.25, 0.3) is 22.3 Å². The first-order valence-electron chi connectivity index (χ1n) is 10.9. The van der Waals surface area contributed by atoms with Crippen molar-refractivity contribution in [2.45, 2.75) is 24.4 Å². The Morgan fingerprint density at radius 2 is 2.06 bits per heavy atom. The largest absolute Gasteiger partial charge is 0.497 e. The number of nitriles is 1. The number of allylic oxidation sites excluding steroid dienone is 4. The van der Waals surface area contributed by atoms with E-state index in [0.29, 0.717) is 17.2 Å². The van der Waals surface area contributed by atoms with E-state index in [1.165, 1.54) is 6.08 Å². The Hall–Kier alpha value is -3.14. The highest BCUT2D eigenvalue weighted by Gasteiger charge is 2.42. The van der Waals surface area contributed by atoms with Gasteiger partial charge in [0.05, 0.1) is 29.9 Å². The number of aromatic amines is 1. The summed E-state index contributed by atoms with van der Waals surface area (Å²) < 4.78 is 20.5. The normalized spacial score (nSPS) is 23.9. The zero-order chi connectivity index (χ0) is 22.1. The van der Waals surface area contributed by atoms with E-state index >= 15 is 4.39 Å².